The third-order valence-corrected chi connectivity index (χ3v) is 4.20. The number of carbonyl (C=O) groups is 1. The highest BCUT2D eigenvalue weighted by Crippen LogP contribution is 2.18. The maximum Gasteiger partial charge on any atom is 0.335 e. The van der Waals surface area contributed by atoms with Crippen LogP contribution in [0.2, 0.25) is 0 Å². The molecule has 0 aliphatic carbocycles. The predicted molar refractivity (Wildman–Crippen MR) is 93.5 cm³/mol. The van der Waals surface area contributed by atoms with Crippen molar-refractivity contribution in [3.63, 3.8) is 0 Å². The molecule has 4 nitrogen and oxygen atoms in total. The summed E-state index contributed by atoms with van der Waals surface area (Å²) in [6.07, 6.45) is 0.421. The standard InChI is InChI=1S/C18H19BrFNO3/c19-16-4-5-17(20)15(8-16)7-13(11-22)10-21-9-12-2-1-3-14(6-12)18(23)24/h1-6,8,13,21-22H,7,9-11H2,(H,23,24). The van der Waals surface area contributed by atoms with E-state index in [1.54, 1.807) is 30.3 Å². The zero-order valence-corrected chi connectivity index (χ0v) is 14.6. The Labute approximate surface area is 148 Å². The molecule has 0 amide bonds. The van der Waals surface area contributed by atoms with Crippen LogP contribution < -0.4 is 5.32 Å². The third-order valence-electron chi connectivity index (χ3n) is 3.71. The topological polar surface area (TPSA) is 69.6 Å². The zero-order chi connectivity index (χ0) is 17.5. The molecule has 1 unspecified atom stereocenters. The van der Waals surface area contributed by atoms with Crippen LogP contribution in [0.5, 0.6) is 0 Å². The number of carboxylic acids is 1. The van der Waals surface area contributed by atoms with Gasteiger partial charge in [-0.05, 0) is 53.8 Å². The molecular weight excluding hydrogens is 377 g/mol. The number of aliphatic hydroxyl groups is 1. The second-order valence-corrected chi connectivity index (χ2v) is 6.54. The molecule has 2 aromatic rings. The average molecular weight is 396 g/mol. The van der Waals surface area contributed by atoms with Crippen molar-refractivity contribution in [3.8, 4) is 0 Å². The minimum Gasteiger partial charge on any atom is -0.478 e. The Morgan fingerprint density at radius 2 is 2.04 bits per heavy atom. The molecule has 0 saturated heterocycles. The summed E-state index contributed by atoms with van der Waals surface area (Å²) in [7, 11) is 0. The van der Waals surface area contributed by atoms with E-state index in [1.807, 2.05) is 6.07 Å². The second-order valence-electron chi connectivity index (χ2n) is 5.62. The fraction of sp³-hybridized carbons (Fsp3) is 0.278. The number of hydrogen-bond donors (Lipinski definition) is 3. The lowest BCUT2D eigenvalue weighted by Gasteiger charge is -2.16. The largest absolute Gasteiger partial charge is 0.478 e. The summed E-state index contributed by atoms with van der Waals surface area (Å²) in [5.74, 6) is -1.38. The maximum atomic E-state index is 13.8. The van der Waals surface area contributed by atoms with Gasteiger partial charge in [-0.2, -0.15) is 0 Å². The van der Waals surface area contributed by atoms with Gasteiger partial charge in [0.05, 0.1) is 5.56 Å². The van der Waals surface area contributed by atoms with Crippen LogP contribution in [0, 0.1) is 11.7 Å². The average Bonchev–Trinajstić information content (AvgIpc) is 2.57. The first kappa shape index (κ1) is 18.6. The third kappa shape index (κ3) is 5.40. The van der Waals surface area contributed by atoms with Gasteiger partial charge in [0, 0.05) is 24.2 Å². The van der Waals surface area contributed by atoms with E-state index in [-0.39, 0.29) is 23.9 Å². The van der Waals surface area contributed by atoms with E-state index in [0.717, 1.165) is 10.0 Å². The number of rotatable bonds is 8. The van der Waals surface area contributed by atoms with Crippen molar-refractivity contribution in [2.24, 2.45) is 5.92 Å². The number of aliphatic hydroxyl groups excluding tert-OH is 1. The van der Waals surface area contributed by atoms with E-state index >= 15 is 0 Å². The van der Waals surface area contributed by atoms with E-state index in [4.69, 9.17) is 5.11 Å². The first-order valence-corrected chi connectivity index (χ1v) is 8.36. The molecule has 0 aliphatic heterocycles. The quantitative estimate of drug-likeness (QED) is 0.641. The molecule has 0 radical (unpaired) electrons. The van der Waals surface area contributed by atoms with Gasteiger partial charge in [-0.15, -0.1) is 0 Å². The Hall–Kier alpha value is -1.76. The summed E-state index contributed by atoms with van der Waals surface area (Å²) in [5, 5.41) is 21.7. The van der Waals surface area contributed by atoms with Crippen LogP contribution in [-0.4, -0.2) is 29.3 Å². The summed E-state index contributed by atoms with van der Waals surface area (Å²) in [6.45, 7) is 0.923. The number of halogens is 2. The number of aromatic carboxylic acids is 1. The summed E-state index contributed by atoms with van der Waals surface area (Å²) in [6, 6.07) is 11.4. The molecular formula is C18H19BrFNO3. The van der Waals surface area contributed by atoms with Gasteiger partial charge in [-0.25, -0.2) is 9.18 Å². The molecule has 0 fully saturated rings. The molecule has 0 bridgehead atoms. The van der Waals surface area contributed by atoms with Gasteiger partial charge < -0.3 is 15.5 Å². The molecule has 0 spiro atoms. The molecule has 24 heavy (non-hydrogen) atoms. The number of carboxylic acid groups (broad SMARTS) is 1. The monoisotopic (exact) mass is 395 g/mol. The first-order chi connectivity index (χ1) is 11.5. The number of hydrogen-bond acceptors (Lipinski definition) is 3. The molecule has 1 atom stereocenters. The molecule has 0 heterocycles. The normalized spacial score (nSPS) is 12.1. The van der Waals surface area contributed by atoms with Gasteiger partial charge in [0.15, 0.2) is 0 Å². The minimum absolute atomic E-state index is 0.0614. The minimum atomic E-state index is -0.963. The summed E-state index contributed by atoms with van der Waals surface area (Å²) in [4.78, 5) is 11.0. The van der Waals surface area contributed by atoms with Gasteiger partial charge in [0.1, 0.15) is 5.82 Å². The molecule has 2 aromatic carbocycles. The second kappa shape index (κ2) is 8.92. The lowest BCUT2D eigenvalue weighted by atomic mass is 9.99. The van der Waals surface area contributed by atoms with Gasteiger partial charge in [0.2, 0.25) is 0 Å². The highest BCUT2D eigenvalue weighted by atomic mass is 79.9. The molecule has 128 valence electrons. The molecule has 3 N–H and O–H groups in total. The highest BCUT2D eigenvalue weighted by Gasteiger charge is 2.12. The predicted octanol–water partition coefficient (Wildman–Crippen LogP) is 3.23. The number of benzene rings is 2. The van der Waals surface area contributed by atoms with Crippen LogP contribution in [0.15, 0.2) is 46.9 Å². The van der Waals surface area contributed by atoms with Crippen LogP contribution >= 0.6 is 15.9 Å². The molecule has 0 aromatic heterocycles. The zero-order valence-electron chi connectivity index (χ0n) is 13.0. The van der Waals surface area contributed by atoms with Crippen molar-refractivity contribution in [1.82, 2.24) is 5.32 Å². The molecule has 6 heteroatoms. The van der Waals surface area contributed by atoms with Gasteiger partial charge in [-0.1, -0.05) is 28.1 Å². The van der Waals surface area contributed by atoms with E-state index in [2.05, 4.69) is 21.2 Å². The van der Waals surface area contributed by atoms with Crippen LogP contribution in [0.1, 0.15) is 21.5 Å². The van der Waals surface area contributed by atoms with E-state index in [9.17, 15) is 14.3 Å². The maximum absolute atomic E-state index is 13.8. The van der Waals surface area contributed by atoms with Crippen molar-refractivity contribution < 1.29 is 19.4 Å². The van der Waals surface area contributed by atoms with Crippen molar-refractivity contribution in [2.75, 3.05) is 13.2 Å². The Bertz CT molecular complexity index is 708. The Morgan fingerprint density at radius 3 is 2.75 bits per heavy atom. The van der Waals surface area contributed by atoms with E-state index in [1.165, 1.54) is 6.07 Å². The first-order valence-electron chi connectivity index (χ1n) is 7.57. The van der Waals surface area contributed by atoms with Gasteiger partial charge >= 0.3 is 5.97 Å². The lowest BCUT2D eigenvalue weighted by Crippen LogP contribution is -2.26. The molecule has 2 rings (SSSR count). The van der Waals surface area contributed by atoms with Crippen LogP contribution in [0.3, 0.4) is 0 Å². The highest BCUT2D eigenvalue weighted by molar-refractivity contribution is 9.10. The van der Waals surface area contributed by atoms with Crippen LogP contribution in [-0.2, 0) is 13.0 Å². The lowest BCUT2D eigenvalue weighted by molar-refractivity contribution is 0.0696. The fourth-order valence-corrected chi connectivity index (χ4v) is 2.86. The van der Waals surface area contributed by atoms with E-state index < -0.39 is 5.97 Å². The van der Waals surface area contributed by atoms with Crippen molar-refractivity contribution >= 4 is 21.9 Å². The van der Waals surface area contributed by atoms with Gasteiger partial charge in [-0.3, -0.25) is 0 Å². The van der Waals surface area contributed by atoms with Crippen molar-refractivity contribution in [3.05, 3.63) is 69.4 Å². The smallest absolute Gasteiger partial charge is 0.335 e. The number of nitrogens with one attached hydrogen (secondary N) is 1. The molecule has 0 aliphatic rings. The summed E-state index contributed by atoms with van der Waals surface area (Å²) in [5.41, 5.74) is 1.64. The fourth-order valence-electron chi connectivity index (χ4n) is 2.45. The Balaban J connectivity index is 1.91. The Kier molecular flexibility index (Phi) is 6.90. The van der Waals surface area contributed by atoms with Crippen molar-refractivity contribution in [2.45, 2.75) is 13.0 Å². The Morgan fingerprint density at radius 1 is 1.25 bits per heavy atom. The summed E-state index contributed by atoms with van der Waals surface area (Å²) < 4.78 is 14.6. The van der Waals surface area contributed by atoms with Crippen LogP contribution in [0.4, 0.5) is 4.39 Å². The van der Waals surface area contributed by atoms with Crippen molar-refractivity contribution in [1.29, 1.82) is 0 Å². The van der Waals surface area contributed by atoms with Gasteiger partial charge in [0.25, 0.3) is 0 Å². The van der Waals surface area contributed by atoms with E-state index in [0.29, 0.717) is 25.1 Å². The summed E-state index contributed by atoms with van der Waals surface area (Å²) >= 11 is 3.32. The van der Waals surface area contributed by atoms with Crippen LogP contribution in [0.25, 0.3) is 0 Å². The SMILES string of the molecule is O=C(O)c1cccc(CNCC(CO)Cc2cc(Br)ccc2F)c1. The molecule has 0 saturated carbocycles.